The van der Waals surface area contributed by atoms with Crippen LogP contribution in [-0.2, 0) is 54.0 Å². The summed E-state index contributed by atoms with van der Waals surface area (Å²) in [6.07, 6.45) is 0.363. The molecular weight excluding hydrogens is 724 g/mol. The minimum atomic E-state index is -0.661. The van der Waals surface area contributed by atoms with Gasteiger partial charge < -0.3 is 33.2 Å². The Hall–Kier alpha value is -3.34. The van der Waals surface area contributed by atoms with E-state index < -0.39 is 23.3 Å². The lowest BCUT2D eigenvalue weighted by Crippen LogP contribution is -2.54. The van der Waals surface area contributed by atoms with Gasteiger partial charge in [-0.05, 0) is 86.4 Å². The molecule has 0 amide bonds. The van der Waals surface area contributed by atoms with Crippen LogP contribution in [0.15, 0.2) is 24.3 Å². The van der Waals surface area contributed by atoms with Crippen LogP contribution in [0.2, 0.25) is 0 Å². The summed E-state index contributed by atoms with van der Waals surface area (Å²) in [5, 5.41) is 0. The predicted molar refractivity (Wildman–Crippen MR) is 213 cm³/mol. The molecule has 320 valence electrons. The molecule has 1 aromatic carbocycles. The molecule has 0 spiro atoms. The normalized spacial score (nSPS) is 17.2. The van der Waals surface area contributed by atoms with Crippen molar-refractivity contribution in [2.24, 2.45) is 0 Å². The summed E-state index contributed by atoms with van der Waals surface area (Å²) in [6, 6.07) is 6.41. The van der Waals surface area contributed by atoms with Crippen LogP contribution >= 0.6 is 0 Å². The summed E-state index contributed by atoms with van der Waals surface area (Å²) in [6.45, 7) is 22.7. The van der Waals surface area contributed by atoms with Gasteiger partial charge in [-0.3, -0.25) is 38.8 Å². The first kappa shape index (κ1) is 48.8. The van der Waals surface area contributed by atoms with E-state index in [1.165, 1.54) is 7.11 Å². The van der Waals surface area contributed by atoms with E-state index >= 15 is 0 Å². The molecule has 56 heavy (non-hydrogen) atoms. The van der Waals surface area contributed by atoms with Crippen molar-refractivity contribution in [3.63, 3.8) is 0 Å². The fourth-order valence-electron chi connectivity index (χ4n) is 6.10. The highest BCUT2D eigenvalue weighted by Gasteiger charge is 2.31. The maximum Gasteiger partial charge on any atom is 0.323 e. The number of carbonyl (C=O) groups is 4. The van der Waals surface area contributed by atoms with Crippen molar-refractivity contribution < 1.29 is 52.3 Å². The average Bonchev–Trinajstić information content (AvgIpc) is 3.11. The molecule has 2 atom stereocenters. The summed E-state index contributed by atoms with van der Waals surface area (Å²) in [5.41, 5.74) is -0.407. The van der Waals surface area contributed by atoms with Gasteiger partial charge in [0, 0.05) is 59.0 Å². The van der Waals surface area contributed by atoms with E-state index in [9.17, 15) is 19.2 Å². The van der Waals surface area contributed by atoms with Crippen LogP contribution in [0.1, 0.15) is 67.9 Å². The van der Waals surface area contributed by atoms with Crippen molar-refractivity contribution >= 4 is 23.9 Å². The maximum absolute atomic E-state index is 13.8. The molecule has 1 fully saturated rings. The highest BCUT2D eigenvalue weighted by atomic mass is 16.6. The van der Waals surface area contributed by atoms with Crippen molar-refractivity contribution in [1.82, 2.24) is 19.6 Å². The third-order valence-corrected chi connectivity index (χ3v) is 8.87. The van der Waals surface area contributed by atoms with E-state index in [2.05, 4.69) is 4.90 Å². The van der Waals surface area contributed by atoms with Gasteiger partial charge in [0.2, 0.25) is 0 Å². The lowest BCUT2D eigenvalue weighted by Gasteiger charge is -2.37. The lowest BCUT2D eigenvalue weighted by molar-refractivity contribution is -0.157. The van der Waals surface area contributed by atoms with Crippen LogP contribution in [0.3, 0.4) is 0 Å². The van der Waals surface area contributed by atoms with E-state index in [4.69, 9.17) is 33.2 Å². The van der Waals surface area contributed by atoms with E-state index in [0.717, 1.165) is 5.56 Å². The van der Waals surface area contributed by atoms with E-state index in [1.54, 1.807) is 13.8 Å². The minimum Gasteiger partial charge on any atom is -0.491 e. The second-order valence-corrected chi connectivity index (χ2v) is 15.8. The van der Waals surface area contributed by atoms with E-state index in [0.29, 0.717) is 97.6 Å². The van der Waals surface area contributed by atoms with Crippen LogP contribution in [0.4, 0.5) is 0 Å². The molecule has 15 heteroatoms. The van der Waals surface area contributed by atoms with Crippen LogP contribution < -0.4 is 4.74 Å². The standard InChI is InChI=1S/C41H70N4O11/c1-11-51-25-26-52-27-28-54-34-15-13-33(14-16-34)29-35(39(49)53-12-2)45-23-19-42(30-36(46)55-40(4,5)6)17-21-44(32(3)38(48)50-10)22-18-43(20-24-45)31-37(47)56-41(7,8)9/h13-16,32,35H,11-12,17-31H2,1-10H3. The van der Waals surface area contributed by atoms with Crippen molar-refractivity contribution in [2.75, 3.05) is 112 Å². The Morgan fingerprint density at radius 1 is 0.643 bits per heavy atom. The minimum absolute atomic E-state index is 0.0272. The zero-order chi connectivity index (χ0) is 41.7. The Kier molecular flexibility index (Phi) is 21.9. The monoisotopic (exact) mass is 795 g/mol. The number of ether oxygens (including phenoxy) is 7. The third-order valence-electron chi connectivity index (χ3n) is 8.87. The fraction of sp³-hybridized carbons (Fsp3) is 0.756. The number of esters is 4. The Morgan fingerprint density at radius 3 is 1.59 bits per heavy atom. The van der Waals surface area contributed by atoms with Gasteiger partial charge in [0.1, 0.15) is 35.6 Å². The number of benzene rings is 1. The first-order valence-corrected chi connectivity index (χ1v) is 19.9. The molecule has 15 nitrogen and oxygen atoms in total. The fourth-order valence-corrected chi connectivity index (χ4v) is 6.10. The first-order valence-electron chi connectivity index (χ1n) is 19.9. The summed E-state index contributed by atoms with van der Waals surface area (Å²) in [5.74, 6) is -0.783. The van der Waals surface area contributed by atoms with Gasteiger partial charge in [0.25, 0.3) is 0 Å². The molecule has 2 rings (SSSR count). The average molecular weight is 795 g/mol. The number of methoxy groups -OCH3 is 1. The Bertz CT molecular complexity index is 1270. The van der Waals surface area contributed by atoms with Gasteiger partial charge in [-0.25, -0.2) is 0 Å². The molecule has 0 aliphatic carbocycles. The molecule has 1 heterocycles. The molecule has 0 radical (unpaired) electrons. The zero-order valence-electron chi connectivity index (χ0n) is 35.8. The van der Waals surface area contributed by atoms with Gasteiger partial charge >= 0.3 is 23.9 Å². The first-order chi connectivity index (χ1) is 26.4. The van der Waals surface area contributed by atoms with Gasteiger partial charge in [0.15, 0.2) is 0 Å². The third kappa shape index (κ3) is 20.2. The van der Waals surface area contributed by atoms with Crippen molar-refractivity contribution in [3.8, 4) is 5.75 Å². The van der Waals surface area contributed by atoms with Gasteiger partial charge in [0.05, 0.1) is 46.6 Å². The van der Waals surface area contributed by atoms with Crippen molar-refractivity contribution in [3.05, 3.63) is 29.8 Å². The molecule has 0 N–H and O–H groups in total. The zero-order valence-corrected chi connectivity index (χ0v) is 35.8. The Morgan fingerprint density at radius 2 is 1.12 bits per heavy atom. The second kappa shape index (κ2) is 25.1. The lowest BCUT2D eigenvalue weighted by atomic mass is 10.0. The van der Waals surface area contributed by atoms with Crippen LogP contribution in [0, 0.1) is 0 Å². The smallest absolute Gasteiger partial charge is 0.323 e. The topological polar surface area (TPSA) is 146 Å². The molecule has 0 aromatic heterocycles. The van der Waals surface area contributed by atoms with Crippen LogP contribution in [-0.4, -0.2) is 179 Å². The molecule has 1 aromatic rings. The van der Waals surface area contributed by atoms with Gasteiger partial charge in [-0.15, -0.1) is 0 Å². The summed E-state index contributed by atoms with van der Waals surface area (Å²) in [7, 11) is 1.36. The molecule has 1 aliphatic rings. The van der Waals surface area contributed by atoms with Gasteiger partial charge in [-0.2, -0.15) is 0 Å². The number of hydrogen-bond acceptors (Lipinski definition) is 15. The summed E-state index contributed by atoms with van der Waals surface area (Å²) >= 11 is 0. The molecule has 0 bridgehead atoms. The van der Waals surface area contributed by atoms with E-state index in [1.807, 2.05) is 87.4 Å². The van der Waals surface area contributed by atoms with Crippen LogP contribution in [0.25, 0.3) is 0 Å². The largest absolute Gasteiger partial charge is 0.491 e. The highest BCUT2D eigenvalue weighted by Crippen LogP contribution is 2.18. The second-order valence-electron chi connectivity index (χ2n) is 15.8. The molecule has 1 aliphatic heterocycles. The SMILES string of the molecule is CCOCCOCCOc1ccc(CC(C(=O)OCC)N2CCN(CC(=O)OC(C)(C)C)CCN(C(C)C(=O)OC)CCN(CC(=O)OC(C)(C)C)CC2)cc1. The Balaban J connectivity index is 2.40. The number of nitrogens with zero attached hydrogens (tertiary/aromatic N) is 4. The predicted octanol–water partition coefficient (Wildman–Crippen LogP) is 3.06. The molecule has 1 saturated heterocycles. The number of carbonyl (C=O) groups excluding carboxylic acids is 4. The molecular formula is C41H70N4O11. The number of rotatable bonds is 19. The molecule has 2 unspecified atom stereocenters. The summed E-state index contributed by atoms with van der Waals surface area (Å²) < 4.78 is 38.8. The summed E-state index contributed by atoms with van der Waals surface area (Å²) in [4.78, 5) is 60.8. The van der Waals surface area contributed by atoms with E-state index in [-0.39, 0.29) is 43.6 Å². The Labute approximate surface area is 335 Å². The maximum atomic E-state index is 13.8. The molecule has 0 saturated carbocycles. The highest BCUT2D eigenvalue weighted by molar-refractivity contribution is 5.76. The van der Waals surface area contributed by atoms with Crippen molar-refractivity contribution in [1.29, 1.82) is 0 Å². The quantitative estimate of drug-likeness (QED) is 0.115. The number of hydrogen-bond donors (Lipinski definition) is 0. The van der Waals surface area contributed by atoms with Crippen molar-refractivity contribution in [2.45, 2.75) is 92.0 Å². The van der Waals surface area contributed by atoms with Gasteiger partial charge in [-0.1, -0.05) is 12.1 Å². The van der Waals surface area contributed by atoms with Crippen LogP contribution in [0.5, 0.6) is 5.75 Å².